The lowest BCUT2D eigenvalue weighted by molar-refractivity contribution is -0.138. The molecule has 3 rings (SSSR count). The number of carbonyl (C=O) groups is 6. The lowest BCUT2D eigenvalue weighted by Crippen LogP contribution is -2.52. The molecule has 2 heterocycles. The largest absolute Gasteiger partial charge is 0.469 e. The molecule has 1 aromatic heterocycles. The van der Waals surface area contributed by atoms with E-state index in [2.05, 4.69) is 39.2 Å². The van der Waals surface area contributed by atoms with Crippen molar-refractivity contribution in [2.75, 3.05) is 13.2 Å². The number of benzene rings is 1. The molecule has 0 aliphatic carbocycles. The Labute approximate surface area is 353 Å². The Hall–Kier alpha value is -4.08. The van der Waals surface area contributed by atoms with Crippen molar-refractivity contribution in [3.8, 4) is 0 Å². The topological polar surface area (TPSA) is 235 Å². The molecule has 60 heavy (non-hydrogen) atoms. The smallest absolute Gasteiger partial charge is 0.394 e. The van der Waals surface area contributed by atoms with Crippen LogP contribution < -0.4 is 10.6 Å². The fourth-order valence-electron chi connectivity index (χ4n) is 7.95. The summed E-state index contributed by atoms with van der Waals surface area (Å²) in [6, 6.07) is 6.89. The van der Waals surface area contributed by atoms with Gasteiger partial charge in [-0.15, -0.1) is 0 Å². The highest BCUT2D eigenvalue weighted by molar-refractivity contribution is 7.46. The molecule has 334 valence electrons. The van der Waals surface area contributed by atoms with Crippen LogP contribution in [-0.4, -0.2) is 102 Å². The number of ketones is 3. The first-order valence-electron chi connectivity index (χ1n) is 21.2. The summed E-state index contributed by atoms with van der Waals surface area (Å²) in [5.41, 5.74) is 1.81. The molecule has 17 heteroatoms. The van der Waals surface area contributed by atoms with Crippen LogP contribution in [-0.2, 0) is 50.8 Å². The summed E-state index contributed by atoms with van der Waals surface area (Å²) in [4.78, 5) is 105. The fraction of sp³-hybridized carbons (Fsp3) is 0.651. The van der Waals surface area contributed by atoms with E-state index in [1.54, 1.807) is 12.5 Å². The third-order valence-electron chi connectivity index (χ3n) is 11.2. The number of nitrogens with zero attached hydrogens (tertiary/aromatic N) is 3. The molecule has 1 unspecified atom stereocenters. The van der Waals surface area contributed by atoms with E-state index in [0.717, 1.165) is 44.6 Å². The number of unbranched alkanes of at least 4 members (excludes halogenated alkanes) is 3. The summed E-state index contributed by atoms with van der Waals surface area (Å²) in [5, 5.41) is 15.8. The van der Waals surface area contributed by atoms with Crippen molar-refractivity contribution in [2.24, 2.45) is 17.8 Å². The minimum absolute atomic E-state index is 0.00751. The maximum absolute atomic E-state index is 14.3. The van der Waals surface area contributed by atoms with Crippen molar-refractivity contribution in [1.29, 1.82) is 0 Å². The zero-order valence-corrected chi connectivity index (χ0v) is 36.9. The van der Waals surface area contributed by atoms with Gasteiger partial charge in [0.2, 0.25) is 17.7 Å². The molecule has 16 nitrogen and oxygen atoms in total. The van der Waals surface area contributed by atoms with Gasteiger partial charge in [0.05, 0.1) is 36.9 Å². The monoisotopic (exact) mass is 859 g/mol. The summed E-state index contributed by atoms with van der Waals surface area (Å²) in [6.45, 7) is 9.85. The first-order chi connectivity index (χ1) is 28.3. The Balaban J connectivity index is 1.94. The number of likely N-dealkylation sites (tertiary alicyclic amines) is 1. The molecular weight excluding hydrogens is 793 g/mol. The van der Waals surface area contributed by atoms with Crippen LogP contribution in [0.3, 0.4) is 0 Å². The lowest BCUT2D eigenvalue weighted by Gasteiger charge is -2.28. The number of amides is 3. The van der Waals surface area contributed by atoms with Crippen LogP contribution in [0.25, 0.3) is 0 Å². The van der Waals surface area contributed by atoms with Crippen molar-refractivity contribution < 1.29 is 52.7 Å². The number of carbonyl (C=O) groups excluding carboxylic acids is 6. The van der Waals surface area contributed by atoms with Gasteiger partial charge in [0.1, 0.15) is 17.9 Å². The highest BCUT2D eigenvalue weighted by Crippen LogP contribution is 2.39. The average molecular weight is 860 g/mol. The molecule has 1 saturated heterocycles. The van der Waals surface area contributed by atoms with Crippen LogP contribution in [0.5, 0.6) is 0 Å². The number of phosphoric ester groups is 1. The minimum atomic E-state index is -5.01. The normalized spacial score (nSPS) is 17.4. The van der Waals surface area contributed by atoms with E-state index in [1.165, 1.54) is 18.7 Å². The van der Waals surface area contributed by atoms with Gasteiger partial charge >= 0.3 is 7.82 Å². The number of hydrogen-bond donors (Lipinski definition) is 5. The SMILES string of the molecule is CCCCCCC(Cn1cncc1C[C@H](CC(=O)[C@H](CC(C)C)NC(=O)[C@@H]1CCCN1C(C)=O)C(=O)N[C@@H](CO)C(=O)C[C@H](C(C)=O)[C@@H](C)OP(=O)(O)O)c1ccccc1. The predicted molar refractivity (Wildman–Crippen MR) is 224 cm³/mol. The number of nitrogens with one attached hydrogen (secondary N) is 2. The number of rotatable bonds is 27. The van der Waals surface area contributed by atoms with Crippen LogP contribution in [0.15, 0.2) is 42.9 Å². The van der Waals surface area contributed by atoms with Crippen molar-refractivity contribution >= 4 is 42.9 Å². The molecule has 2 aromatic rings. The number of imidazole rings is 1. The zero-order chi connectivity index (χ0) is 44.6. The molecule has 7 atom stereocenters. The standard InChI is InChI=1S/C43H66N5O11P/c1-7-8-9-11-17-33(32-15-12-10-13-16-32)25-47-27-44-24-35(47)21-34(22-40(52)37(20-28(2)3)45-43(55)39-18-14-19-48(39)31(6)51)42(54)46-38(26-49)41(53)23-36(29(4)50)30(5)59-60(56,57)58/h10,12-13,15-16,24,27-28,30,33-34,36-39,49H,7-9,11,14,17-23,25-26H2,1-6H3,(H,45,55)(H,46,54)(H2,56,57,58)/t30-,33?,34-,36-,37+,38+,39+/m1/s1. The van der Waals surface area contributed by atoms with E-state index >= 15 is 0 Å². The highest BCUT2D eigenvalue weighted by Gasteiger charge is 2.37. The van der Waals surface area contributed by atoms with Gasteiger partial charge in [-0.05, 0) is 51.0 Å². The molecule has 1 aliphatic heterocycles. The summed E-state index contributed by atoms with van der Waals surface area (Å²) in [5.74, 6) is -5.54. The molecule has 1 aromatic carbocycles. The van der Waals surface area contributed by atoms with Gasteiger partial charge in [0, 0.05) is 57.1 Å². The van der Waals surface area contributed by atoms with E-state index in [0.29, 0.717) is 31.6 Å². The molecule has 1 fully saturated rings. The maximum Gasteiger partial charge on any atom is 0.469 e. The Kier molecular flexibility index (Phi) is 20.4. The van der Waals surface area contributed by atoms with Gasteiger partial charge in [0.15, 0.2) is 11.6 Å². The van der Waals surface area contributed by atoms with Crippen molar-refractivity contribution in [1.82, 2.24) is 25.1 Å². The van der Waals surface area contributed by atoms with E-state index in [4.69, 9.17) is 0 Å². The first kappa shape index (κ1) is 50.3. The number of phosphoric acid groups is 1. The van der Waals surface area contributed by atoms with Gasteiger partial charge in [-0.3, -0.25) is 33.3 Å². The fourth-order valence-corrected chi connectivity index (χ4v) is 8.53. The highest BCUT2D eigenvalue weighted by atomic mass is 31.2. The van der Waals surface area contributed by atoms with Crippen molar-refractivity contribution in [3.63, 3.8) is 0 Å². The molecule has 3 amide bonds. The number of aliphatic hydroxyl groups excluding tert-OH is 1. The van der Waals surface area contributed by atoms with Gasteiger partial charge in [0.25, 0.3) is 0 Å². The average Bonchev–Trinajstić information content (AvgIpc) is 3.86. The minimum Gasteiger partial charge on any atom is -0.394 e. The van der Waals surface area contributed by atoms with E-state index in [1.807, 2.05) is 36.6 Å². The Bertz CT molecular complexity index is 1780. The van der Waals surface area contributed by atoms with E-state index < -0.39 is 86.1 Å². The summed E-state index contributed by atoms with van der Waals surface area (Å²) in [6.07, 6.45) is 7.63. The number of Topliss-reactive ketones (excluding diaryl/α,β-unsaturated/α-hetero) is 3. The summed E-state index contributed by atoms with van der Waals surface area (Å²) >= 11 is 0. The Morgan fingerprint density at radius 3 is 2.23 bits per heavy atom. The second kappa shape index (κ2) is 24.4. The first-order valence-corrected chi connectivity index (χ1v) is 22.7. The second-order valence-corrected chi connectivity index (χ2v) is 17.8. The summed E-state index contributed by atoms with van der Waals surface area (Å²) < 4.78 is 18.1. The maximum atomic E-state index is 14.3. The van der Waals surface area contributed by atoms with Crippen LogP contribution in [0.1, 0.15) is 123 Å². The zero-order valence-electron chi connectivity index (χ0n) is 36.0. The van der Waals surface area contributed by atoms with Crippen LogP contribution in [0.2, 0.25) is 0 Å². The molecule has 0 radical (unpaired) electrons. The third kappa shape index (κ3) is 16.1. The summed E-state index contributed by atoms with van der Waals surface area (Å²) in [7, 11) is -5.01. The molecule has 0 spiro atoms. The second-order valence-electron chi connectivity index (χ2n) is 16.6. The Morgan fingerprint density at radius 1 is 0.950 bits per heavy atom. The number of hydrogen-bond acceptors (Lipinski definition) is 10. The molecule has 0 bridgehead atoms. The van der Waals surface area contributed by atoms with Crippen molar-refractivity contribution in [2.45, 2.75) is 149 Å². The molecule has 5 N–H and O–H groups in total. The van der Waals surface area contributed by atoms with E-state index in [9.17, 15) is 48.2 Å². The van der Waals surface area contributed by atoms with Crippen molar-refractivity contribution in [3.05, 3.63) is 54.1 Å². The third-order valence-corrected chi connectivity index (χ3v) is 11.8. The van der Waals surface area contributed by atoms with Gasteiger partial charge in [-0.2, -0.15) is 0 Å². The molecule has 1 aliphatic rings. The quantitative estimate of drug-likeness (QED) is 0.0620. The van der Waals surface area contributed by atoms with Gasteiger partial charge < -0.3 is 35.0 Å². The van der Waals surface area contributed by atoms with E-state index in [-0.39, 0.29) is 37.0 Å². The van der Waals surface area contributed by atoms with Crippen LogP contribution in [0.4, 0.5) is 0 Å². The van der Waals surface area contributed by atoms with Crippen LogP contribution >= 0.6 is 7.82 Å². The van der Waals surface area contributed by atoms with Gasteiger partial charge in [-0.1, -0.05) is 76.8 Å². The van der Waals surface area contributed by atoms with Crippen LogP contribution in [0, 0.1) is 17.8 Å². The number of aromatic nitrogens is 2. The molecular formula is C43H66N5O11P. The van der Waals surface area contributed by atoms with Gasteiger partial charge in [-0.25, -0.2) is 9.55 Å². The predicted octanol–water partition coefficient (Wildman–Crippen LogP) is 4.44. The molecule has 0 saturated carbocycles. The lowest BCUT2D eigenvalue weighted by atomic mass is 9.89. The number of aliphatic hydroxyl groups is 1. The Morgan fingerprint density at radius 2 is 1.63 bits per heavy atom.